The Labute approximate surface area is 110 Å². The standard InChI is InChI=1S/C12H5F3N4O/c13-7-1-2-8(14)10(15)9(7)12-18-11(19-20-12)6-3-16-5-17-4-6/h1-5H. The van der Waals surface area contributed by atoms with Gasteiger partial charge in [-0.15, -0.1) is 0 Å². The van der Waals surface area contributed by atoms with Gasteiger partial charge in [0, 0.05) is 12.4 Å². The van der Waals surface area contributed by atoms with Crippen LogP contribution >= 0.6 is 0 Å². The third kappa shape index (κ3) is 2.00. The summed E-state index contributed by atoms with van der Waals surface area (Å²) in [5, 5.41) is 3.55. The van der Waals surface area contributed by atoms with Crippen molar-refractivity contribution in [2.45, 2.75) is 0 Å². The van der Waals surface area contributed by atoms with Gasteiger partial charge in [0.2, 0.25) is 5.82 Å². The van der Waals surface area contributed by atoms with Crippen molar-refractivity contribution in [1.82, 2.24) is 20.1 Å². The second-order valence-corrected chi connectivity index (χ2v) is 3.77. The molecule has 0 amide bonds. The van der Waals surface area contributed by atoms with Crippen molar-refractivity contribution in [1.29, 1.82) is 0 Å². The van der Waals surface area contributed by atoms with Crippen molar-refractivity contribution in [2.75, 3.05) is 0 Å². The predicted octanol–water partition coefficient (Wildman–Crippen LogP) is 2.61. The molecule has 1 aromatic carbocycles. The molecule has 0 N–H and O–H groups in total. The number of benzene rings is 1. The summed E-state index contributed by atoms with van der Waals surface area (Å²) in [6.45, 7) is 0. The minimum Gasteiger partial charge on any atom is -0.333 e. The number of rotatable bonds is 2. The molecule has 100 valence electrons. The monoisotopic (exact) mass is 278 g/mol. The number of hydrogen-bond acceptors (Lipinski definition) is 5. The minimum atomic E-state index is -1.38. The van der Waals surface area contributed by atoms with Gasteiger partial charge in [0.25, 0.3) is 5.89 Å². The fourth-order valence-electron chi connectivity index (χ4n) is 1.58. The van der Waals surface area contributed by atoms with Gasteiger partial charge in [0.05, 0.1) is 5.56 Å². The van der Waals surface area contributed by atoms with Gasteiger partial charge < -0.3 is 4.52 Å². The Bertz CT molecular complexity index is 761. The molecule has 0 saturated carbocycles. The molecular weight excluding hydrogens is 273 g/mol. The summed E-state index contributed by atoms with van der Waals surface area (Å²) >= 11 is 0. The largest absolute Gasteiger partial charge is 0.333 e. The Balaban J connectivity index is 2.10. The highest BCUT2D eigenvalue weighted by atomic mass is 19.2. The quantitative estimate of drug-likeness (QED) is 0.674. The van der Waals surface area contributed by atoms with E-state index >= 15 is 0 Å². The molecule has 2 heterocycles. The first-order valence-electron chi connectivity index (χ1n) is 5.40. The van der Waals surface area contributed by atoms with Crippen LogP contribution in [-0.4, -0.2) is 20.1 Å². The third-order valence-corrected chi connectivity index (χ3v) is 2.50. The van der Waals surface area contributed by atoms with E-state index in [2.05, 4.69) is 20.1 Å². The van der Waals surface area contributed by atoms with Gasteiger partial charge in [0.1, 0.15) is 17.7 Å². The first-order valence-corrected chi connectivity index (χ1v) is 5.40. The number of nitrogens with zero attached hydrogens (tertiary/aromatic N) is 4. The summed E-state index contributed by atoms with van der Waals surface area (Å²) in [7, 11) is 0. The summed E-state index contributed by atoms with van der Waals surface area (Å²) in [6, 6.07) is 1.46. The van der Waals surface area contributed by atoms with E-state index in [4.69, 9.17) is 4.52 Å². The summed E-state index contributed by atoms with van der Waals surface area (Å²) in [6.07, 6.45) is 4.11. The zero-order chi connectivity index (χ0) is 14.1. The van der Waals surface area contributed by atoms with E-state index in [1.54, 1.807) is 0 Å². The number of aromatic nitrogens is 4. The van der Waals surface area contributed by atoms with Crippen LogP contribution in [0.15, 0.2) is 35.4 Å². The molecular formula is C12H5F3N4O. The van der Waals surface area contributed by atoms with Gasteiger partial charge in [-0.3, -0.25) is 0 Å². The molecule has 0 aliphatic rings. The second kappa shape index (κ2) is 4.72. The normalized spacial score (nSPS) is 10.8. The molecule has 0 unspecified atom stereocenters. The Morgan fingerprint density at radius 2 is 1.65 bits per heavy atom. The van der Waals surface area contributed by atoms with Crippen LogP contribution in [0, 0.1) is 17.5 Å². The van der Waals surface area contributed by atoms with E-state index in [0.717, 1.165) is 6.07 Å². The Hall–Kier alpha value is -2.77. The molecule has 3 aromatic rings. The lowest BCUT2D eigenvalue weighted by atomic mass is 10.2. The fourth-order valence-corrected chi connectivity index (χ4v) is 1.58. The van der Waals surface area contributed by atoms with Crippen LogP contribution in [0.1, 0.15) is 0 Å². The predicted molar refractivity (Wildman–Crippen MR) is 60.6 cm³/mol. The van der Waals surface area contributed by atoms with Crippen molar-refractivity contribution < 1.29 is 17.7 Å². The van der Waals surface area contributed by atoms with Gasteiger partial charge in [-0.1, -0.05) is 5.16 Å². The van der Waals surface area contributed by atoms with E-state index in [-0.39, 0.29) is 5.82 Å². The van der Waals surface area contributed by atoms with Gasteiger partial charge in [-0.25, -0.2) is 23.1 Å². The first-order chi connectivity index (χ1) is 9.66. The van der Waals surface area contributed by atoms with Crippen LogP contribution in [-0.2, 0) is 0 Å². The average molecular weight is 278 g/mol. The lowest BCUT2D eigenvalue weighted by Crippen LogP contribution is -1.94. The summed E-state index contributed by atoms with van der Waals surface area (Å²) in [4.78, 5) is 11.3. The van der Waals surface area contributed by atoms with Crippen molar-refractivity contribution in [3.8, 4) is 22.8 Å². The zero-order valence-electron chi connectivity index (χ0n) is 9.72. The van der Waals surface area contributed by atoms with Crippen LogP contribution in [0.5, 0.6) is 0 Å². The SMILES string of the molecule is Fc1ccc(F)c(-c2nc(-c3cncnc3)no2)c1F. The molecule has 0 atom stereocenters. The zero-order valence-corrected chi connectivity index (χ0v) is 9.72. The summed E-state index contributed by atoms with van der Waals surface area (Å²) in [5.41, 5.74) is -0.305. The number of halogens is 3. The third-order valence-electron chi connectivity index (χ3n) is 2.50. The van der Waals surface area contributed by atoms with Gasteiger partial charge in [-0.05, 0) is 12.1 Å². The lowest BCUT2D eigenvalue weighted by Gasteiger charge is -1.99. The van der Waals surface area contributed by atoms with E-state index in [9.17, 15) is 13.2 Å². The van der Waals surface area contributed by atoms with Crippen LogP contribution in [0.25, 0.3) is 22.8 Å². The fraction of sp³-hybridized carbons (Fsp3) is 0. The van der Waals surface area contributed by atoms with E-state index in [1.807, 2.05) is 0 Å². The molecule has 2 aromatic heterocycles. The van der Waals surface area contributed by atoms with Crippen LogP contribution < -0.4 is 0 Å². The van der Waals surface area contributed by atoms with Crippen LogP contribution in [0.2, 0.25) is 0 Å². The lowest BCUT2D eigenvalue weighted by molar-refractivity contribution is 0.422. The molecule has 3 rings (SSSR count). The Morgan fingerprint density at radius 1 is 0.950 bits per heavy atom. The molecule has 0 radical (unpaired) electrons. The van der Waals surface area contributed by atoms with Gasteiger partial charge in [-0.2, -0.15) is 4.98 Å². The smallest absolute Gasteiger partial charge is 0.264 e. The molecule has 20 heavy (non-hydrogen) atoms. The molecule has 0 fully saturated rings. The highest BCUT2D eigenvalue weighted by Crippen LogP contribution is 2.27. The first kappa shape index (κ1) is 12.3. The Morgan fingerprint density at radius 3 is 2.40 bits per heavy atom. The molecule has 0 bridgehead atoms. The second-order valence-electron chi connectivity index (χ2n) is 3.77. The average Bonchev–Trinajstić information content (AvgIpc) is 2.94. The van der Waals surface area contributed by atoms with E-state index in [0.29, 0.717) is 11.6 Å². The van der Waals surface area contributed by atoms with Crippen molar-refractivity contribution >= 4 is 0 Å². The van der Waals surface area contributed by atoms with Crippen molar-refractivity contribution in [3.05, 3.63) is 48.3 Å². The molecule has 0 aliphatic heterocycles. The maximum absolute atomic E-state index is 13.6. The van der Waals surface area contributed by atoms with Crippen LogP contribution in [0.4, 0.5) is 13.2 Å². The number of hydrogen-bond donors (Lipinski definition) is 0. The van der Waals surface area contributed by atoms with E-state index in [1.165, 1.54) is 18.7 Å². The van der Waals surface area contributed by atoms with Crippen LogP contribution in [0.3, 0.4) is 0 Å². The topological polar surface area (TPSA) is 64.7 Å². The molecule has 0 spiro atoms. The molecule has 0 saturated heterocycles. The van der Waals surface area contributed by atoms with Gasteiger partial charge >= 0.3 is 0 Å². The molecule has 5 nitrogen and oxygen atoms in total. The Kier molecular flexibility index (Phi) is 2.90. The maximum atomic E-state index is 13.6. The summed E-state index contributed by atoms with van der Waals surface area (Å²) < 4.78 is 45.0. The van der Waals surface area contributed by atoms with Crippen molar-refractivity contribution in [3.63, 3.8) is 0 Å². The van der Waals surface area contributed by atoms with Gasteiger partial charge in [0.15, 0.2) is 11.6 Å². The molecule has 0 aliphatic carbocycles. The highest BCUT2D eigenvalue weighted by molar-refractivity contribution is 5.59. The maximum Gasteiger partial charge on any atom is 0.264 e. The molecule has 8 heteroatoms. The van der Waals surface area contributed by atoms with E-state index < -0.39 is 28.9 Å². The highest BCUT2D eigenvalue weighted by Gasteiger charge is 2.21. The summed E-state index contributed by atoms with van der Waals surface area (Å²) in [5.74, 6) is -4.00. The van der Waals surface area contributed by atoms with Crippen molar-refractivity contribution in [2.24, 2.45) is 0 Å². The minimum absolute atomic E-state index is 0.0451.